The molecule has 1 amide bonds. The molecule has 1 aromatic carbocycles. The molecule has 0 aliphatic rings. The predicted molar refractivity (Wildman–Crippen MR) is 101 cm³/mol. The summed E-state index contributed by atoms with van der Waals surface area (Å²) in [5.41, 5.74) is 2.01. The van der Waals surface area contributed by atoms with Crippen LogP contribution in [0.3, 0.4) is 0 Å². The molecule has 0 saturated heterocycles. The first-order valence-corrected chi connectivity index (χ1v) is 9.36. The van der Waals surface area contributed by atoms with Gasteiger partial charge in [0.1, 0.15) is 0 Å². The highest BCUT2D eigenvalue weighted by molar-refractivity contribution is 7.09. The van der Waals surface area contributed by atoms with Crippen molar-refractivity contribution in [2.45, 2.75) is 52.2 Å². The molecule has 2 atom stereocenters. The van der Waals surface area contributed by atoms with E-state index in [1.807, 2.05) is 38.1 Å². The number of benzene rings is 1. The van der Waals surface area contributed by atoms with Crippen molar-refractivity contribution in [3.63, 3.8) is 0 Å². The Balaban J connectivity index is 1.84. The summed E-state index contributed by atoms with van der Waals surface area (Å²) in [4.78, 5) is 16.9. The average Bonchev–Trinajstić information content (AvgIpc) is 3.04. The van der Waals surface area contributed by atoms with E-state index in [9.17, 15) is 4.79 Å². The van der Waals surface area contributed by atoms with E-state index in [4.69, 9.17) is 11.6 Å². The monoisotopic (exact) mass is 365 g/mol. The van der Waals surface area contributed by atoms with E-state index in [1.54, 1.807) is 11.3 Å². The van der Waals surface area contributed by atoms with Gasteiger partial charge in [-0.1, -0.05) is 37.6 Å². The van der Waals surface area contributed by atoms with Crippen molar-refractivity contribution < 1.29 is 4.79 Å². The van der Waals surface area contributed by atoms with E-state index in [-0.39, 0.29) is 18.0 Å². The minimum absolute atomic E-state index is 0.0314. The summed E-state index contributed by atoms with van der Waals surface area (Å²) in [5, 5.41) is 10.1. The van der Waals surface area contributed by atoms with Crippen molar-refractivity contribution in [1.29, 1.82) is 0 Å². The molecular weight excluding hydrogens is 342 g/mol. The number of nitrogens with zero attached hydrogens (tertiary/aromatic N) is 1. The Morgan fingerprint density at radius 2 is 1.88 bits per heavy atom. The van der Waals surface area contributed by atoms with Crippen LogP contribution in [-0.4, -0.2) is 16.9 Å². The predicted octanol–water partition coefficient (Wildman–Crippen LogP) is 4.28. The van der Waals surface area contributed by atoms with Crippen LogP contribution in [0.1, 0.15) is 55.9 Å². The van der Waals surface area contributed by atoms with Crippen molar-refractivity contribution in [3.05, 3.63) is 50.9 Å². The van der Waals surface area contributed by atoms with E-state index < -0.39 is 0 Å². The lowest BCUT2D eigenvalue weighted by molar-refractivity contribution is -0.123. The molecule has 4 nitrogen and oxygen atoms in total. The maximum absolute atomic E-state index is 12.2. The van der Waals surface area contributed by atoms with Gasteiger partial charge in [0.25, 0.3) is 0 Å². The zero-order valence-corrected chi connectivity index (χ0v) is 16.0. The molecule has 0 radical (unpaired) electrons. The highest BCUT2D eigenvalue weighted by Crippen LogP contribution is 2.22. The zero-order chi connectivity index (χ0) is 17.7. The van der Waals surface area contributed by atoms with Gasteiger partial charge in [0, 0.05) is 28.9 Å². The summed E-state index contributed by atoms with van der Waals surface area (Å²) < 4.78 is 0. The first kappa shape index (κ1) is 18.9. The third-order valence-corrected chi connectivity index (χ3v) is 5.17. The van der Waals surface area contributed by atoms with Crippen LogP contribution in [-0.2, 0) is 11.3 Å². The summed E-state index contributed by atoms with van der Waals surface area (Å²) in [6, 6.07) is 7.20. The van der Waals surface area contributed by atoms with E-state index >= 15 is 0 Å². The highest BCUT2D eigenvalue weighted by Gasteiger charge is 2.18. The number of hydrogen-bond acceptors (Lipinski definition) is 4. The van der Waals surface area contributed by atoms with Gasteiger partial charge in [-0.3, -0.25) is 10.1 Å². The van der Waals surface area contributed by atoms with Gasteiger partial charge in [-0.25, -0.2) is 4.98 Å². The summed E-state index contributed by atoms with van der Waals surface area (Å²) in [7, 11) is 0. The van der Waals surface area contributed by atoms with Gasteiger partial charge in [-0.15, -0.1) is 11.3 Å². The Bertz CT molecular complexity index is 669. The summed E-state index contributed by atoms with van der Waals surface area (Å²) >= 11 is 7.53. The second kappa shape index (κ2) is 8.60. The van der Waals surface area contributed by atoms with Gasteiger partial charge >= 0.3 is 0 Å². The number of halogens is 1. The standard InChI is InChI=1S/C18H24ClN3OS/c1-11(2)18-22-16(10-24-18)12(3)21-13(4)17(23)20-9-14-5-7-15(19)8-6-14/h5-8,10-13,21H,9H2,1-4H3,(H,20,23)/t12-,13-/m1/s1. The molecule has 0 unspecified atom stereocenters. The van der Waals surface area contributed by atoms with Gasteiger partial charge < -0.3 is 5.32 Å². The molecular formula is C18H24ClN3OS. The van der Waals surface area contributed by atoms with Gasteiger partial charge in [0.05, 0.1) is 16.7 Å². The average molecular weight is 366 g/mol. The van der Waals surface area contributed by atoms with Crippen molar-refractivity contribution in [2.75, 3.05) is 0 Å². The summed E-state index contributed by atoms with van der Waals surface area (Å²) in [6.07, 6.45) is 0. The van der Waals surface area contributed by atoms with Gasteiger partial charge in [0.15, 0.2) is 0 Å². The van der Waals surface area contributed by atoms with Gasteiger partial charge in [0.2, 0.25) is 5.91 Å². The van der Waals surface area contributed by atoms with Gasteiger partial charge in [-0.2, -0.15) is 0 Å². The lowest BCUT2D eigenvalue weighted by atomic mass is 10.2. The van der Waals surface area contributed by atoms with Crippen LogP contribution in [0.15, 0.2) is 29.6 Å². The minimum atomic E-state index is -0.295. The first-order valence-electron chi connectivity index (χ1n) is 8.10. The number of amides is 1. The van der Waals surface area contributed by atoms with Crippen LogP contribution in [0, 0.1) is 0 Å². The molecule has 24 heavy (non-hydrogen) atoms. The molecule has 0 aliphatic heterocycles. The Hall–Kier alpha value is -1.43. The smallest absolute Gasteiger partial charge is 0.237 e. The molecule has 2 aromatic rings. The molecule has 130 valence electrons. The molecule has 0 spiro atoms. The van der Waals surface area contributed by atoms with Gasteiger partial charge in [-0.05, 0) is 31.5 Å². The Kier molecular flexibility index (Phi) is 6.78. The van der Waals surface area contributed by atoms with E-state index in [0.717, 1.165) is 16.3 Å². The third kappa shape index (κ3) is 5.30. The van der Waals surface area contributed by atoms with E-state index in [1.165, 1.54) is 0 Å². The molecule has 1 aromatic heterocycles. The number of nitrogens with one attached hydrogen (secondary N) is 2. The summed E-state index contributed by atoms with van der Waals surface area (Å²) in [6.45, 7) is 8.65. The first-order chi connectivity index (χ1) is 11.4. The maximum Gasteiger partial charge on any atom is 0.237 e. The minimum Gasteiger partial charge on any atom is -0.351 e. The number of rotatable bonds is 7. The van der Waals surface area contributed by atoms with Crippen molar-refractivity contribution in [1.82, 2.24) is 15.6 Å². The maximum atomic E-state index is 12.2. The SMILES string of the molecule is CC(C)c1nc([C@@H](C)N[C@H](C)C(=O)NCc2ccc(Cl)cc2)cs1. The van der Waals surface area contributed by atoms with Crippen LogP contribution in [0.25, 0.3) is 0 Å². The fourth-order valence-corrected chi connectivity index (χ4v) is 3.30. The zero-order valence-electron chi connectivity index (χ0n) is 14.5. The largest absolute Gasteiger partial charge is 0.351 e. The second-order valence-corrected chi connectivity index (χ2v) is 7.55. The lowest BCUT2D eigenvalue weighted by Crippen LogP contribution is -2.42. The van der Waals surface area contributed by atoms with E-state index in [2.05, 4.69) is 34.8 Å². The fourth-order valence-electron chi connectivity index (χ4n) is 2.25. The van der Waals surface area contributed by atoms with Crippen LogP contribution >= 0.6 is 22.9 Å². The number of aromatic nitrogens is 1. The van der Waals surface area contributed by atoms with Crippen LogP contribution < -0.4 is 10.6 Å². The second-order valence-electron chi connectivity index (χ2n) is 6.22. The molecule has 2 rings (SSSR count). The molecule has 0 fully saturated rings. The molecule has 2 N–H and O–H groups in total. The fraction of sp³-hybridized carbons (Fsp3) is 0.444. The number of carbonyl (C=O) groups is 1. The van der Waals surface area contributed by atoms with Crippen molar-refractivity contribution in [2.24, 2.45) is 0 Å². The van der Waals surface area contributed by atoms with Crippen LogP contribution in [0.2, 0.25) is 5.02 Å². The summed E-state index contributed by atoms with van der Waals surface area (Å²) in [5.74, 6) is 0.396. The molecule has 1 heterocycles. The van der Waals surface area contributed by atoms with Crippen molar-refractivity contribution >= 4 is 28.8 Å². The van der Waals surface area contributed by atoms with Crippen LogP contribution in [0.4, 0.5) is 0 Å². The van der Waals surface area contributed by atoms with E-state index in [0.29, 0.717) is 17.5 Å². The molecule has 0 saturated carbocycles. The number of hydrogen-bond donors (Lipinski definition) is 2. The van der Waals surface area contributed by atoms with Crippen LogP contribution in [0.5, 0.6) is 0 Å². The molecule has 6 heteroatoms. The van der Waals surface area contributed by atoms with Crippen molar-refractivity contribution in [3.8, 4) is 0 Å². The Morgan fingerprint density at radius 1 is 1.21 bits per heavy atom. The lowest BCUT2D eigenvalue weighted by Gasteiger charge is -2.18. The Morgan fingerprint density at radius 3 is 2.46 bits per heavy atom. The topological polar surface area (TPSA) is 54.0 Å². The third-order valence-electron chi connectivity index (χ3n) is 3.75. The number of thiazole rings is 1. The normalized spacial score (nSPS) is 13.8. The Labute approximate surface area is 152 Å². The number of carbonyl (C=O) groups excluding carboxylic acids is 1. The highest BCUT2D eigenvalue weighted by atomic mass is 35.5. The quantitative estimate of drug-likeness (QED) is 0.770. The molecule has 0 bridgehead atoms. The molecule has 0 aliphatic carbocycles.